The average Bonchev–Trinajstić information content (AvgIpc) is 2.78. The highest BCUT2D eigenvalue weighted by molar-refractivity contribution is 5.75. The van der Waals surface area contributed by atoms with Crippen molar-refractivity contribution in [2.24, 2.45) is 0 Å². The number of benzene rings is 1. The summed E-state index contributed by atoms with van der Waals surface area (Å²) in [5.74, 6) is -0.216. The number of rotatable bonds is 17. The first-order chi connectivity index (χ1) is 15.6. The minimum Gasteiger partial charge on any atom is -0.504 e. The maximum Gasteiger partial charge on any atom is 0.220 e. The van der Waals surface area contributed by atoms with Gasteiger partial charge in [-0.25, -0.2) is 0 Å². The highest BCUT2D eigenvalue weighted by Gasteiger charge is 2.03. The number of nitrogens with one attached hydrogen (secondary N) is 1. The number of allylic oxidation sites excluding steroid dienone is 8. The van der Waals surface area contributed by atoms with Crippen molar-refractivity contribution >= 4 is 5.91 Å². The zero-order valence-corrected chi connectivity index (χ0v) is 19.6. The van der Waals surface area contributed by atoms with E-state index < -0.39 is 0 Å². The second kappa shape index (κ2) is 19.0. The van der Waals surface area contributed by atoms with Crippen LogP contribution >= 0.6 is 0 Å². The largest absolute Gasteiger partial charge is 0.504 e. The van der Waals surface area contributed by atoms with E-state index in [1.165, 1.54) is 37.8 Å². The molecule has 0 fully saturated rings. The highest BCUT2D eigenvalue weighted by Crippen LogP contribution is 2.24. The standard InChI is InChI=1S/C28H41NO3/c1-2-3-4-5-6-7-8-9-10-11-12-13-14-15-16-17-18-19-28(32)29-23-22-25-20-21-26(30)27(31)24-25/h6-7,9-10,12-13,15-16,20-21,24,30-31H,2-5,8,11,14,17-19,22-23H2,1H3,(H,29,32)/b7-6+,10-9-,13-12+,16-15+. The van der Waals surface area contributed by atoms with Gasteiger partial charge in [-0.3, -0.25) is 4.79 Å². The molecule has 0 aliphatic heterocycles. The minimum absolute atomic E-state index is 0.0453. The number of amides is 1. The molecule has 0 unspecified atom stereocenters. The summed E-state index contributed by atoms with van der Waals surface area (Å²) in [5, 5.41) is 21.7. The van der Waals surface area contributed by atoms with Gasteiger partial charge in [0.25, 0.3) is 0 Å². The van der Waals surface area contributed by atoms with Crippen molar-refractivity contribution < 1.29 is 15.0 Å². The van der Waals surface area contributed by atoms with Crippen molar-refractivity contribution in [3.63, 3.8) is 0 Å². The Kier molecular flexibility index (Phi) is 16.2. The molecule has 4 nitrogen and oxygen atoms in total. The molecule has 1 rings (SSSR count). The molecule has 0 radical (unpaired) electrons. The van der Waals surface area contributed by atoms with Gasteiger partial charge in [0.1, 0.15) is 0 Å². The number of hydrogen-bond donors (Lipinski definition) is 3. The lowest BCUT2D eigenvalue weighted by molar-refractivity contribution is -0.121. The highest BCUT2D eigenvalue weighted by atomic mass is 16.3. The van der Waals surface area contributed by atoms with Crippen LogP contribution in [0, 0.1) is 0 Å². The lowest BCUT2D eigenvalue weighted by atomic mass is 10.1. The number of aromatic hydroxyl groups is 2. The predicted molar refractivity (Wildman–Crippen MR) is 135 cm³/mol. The van der Waals surface area contributed by atoms with Crippen LogP contribution in [0.3, 0.4) is 0 Å². The van der Waals surface area contributed by atoms with Crippen molar-refractivity contribution in [3.8, 4) is 11.5 Å². The first-order valence-electron chi connectivity index (χ1n) is 12.0. The molecule has 0 spiro atoms. The zero-order chi connectivity index (χ0) is 23.3. The molecule has 32 heavy (non-hydrogen) atoms. The van der Waals surface area contributed by atoms with Crippen LogP contribution in [0.4, 0.5) is 0 Å². The molecule has 0 saturated carbocycles. The Morgan fingerprint density at radius 1 is 0.812 bits per heavy atom. The fourth-order valence-corrected chi connectivity index (χ4v) is 3.10. The number of unbranched alkanes of at least 4 members (excludes halogenated alkanes) is 4. The lowest BCUT2D eigenvalue weighted by Crippen LogP contribution is -2.25. The van der Waals surface area contributed by atoms with Gasteiger partial charge in [0, 0.05) is 13.0 Å². The van der Waals surface area contributed by atoms with Gasteiger partial charge in [0.15, 0.2) is 11.5 Å². The summed E-state index contributed by atoms with van der Waals surface area (Å²) in [6.45, 7) is 2.75. The topological polar surface area (TPSA) is 69.6 Å². The number of phenols is 2. The van der Waals surface area contributed by atoms with Crippen molar-refractivity contribution in [3.05, 3.63) is 72.4 Å². The van der Waals surface area contributed by atoms with Gasteiger partial charge in [-0.05, 0) is 69.1 Å². The third kappa shape index (κ3) is 15.1. The van der Waals surface area contributed by atoms with Crippen LogP contribution in [0.2, 0.25) is 0 Å². The fourth-order valence-electron chi connectivity index (χ4n) is 3.10. The summed E-state index contributed by atoms with van der Waals surface area (Å²) in [4.78, 5) is 11.9. The van der Waals surface area contributed by atoms with Crippen LogP contribution in [0.25, 0.3) is 0 Å². The molecule has 0 aliphatic carbocycles. The van der Waals surface area contributed by atoms with Gasteiger partial charge in [-0.15, -0.1) is 0 Å². The molecule has 3 N–H and O–H groups in total. The van der Waals surface area contributed by atoms with Crippen molar-refractivity contribution in [1.29, 1.82) is 0 Å². The zero-order valence-electron chi connectivity index (χ0n) is 19.6. The first-order valence-corrected chi connectivity index (χ1v) is 12.0. The molecule has 0 aromatic heterocycles. The first kappa shape index (κ1) is 27.3. The van der Waals surface area contributed by atoms with E-state index in [0.29, 0.717) is 19.4 Å². The Morgan fingerprint density at radius 2 is 1.41 bits per heavy atom. The van der Waals surface area contributed by atoms with Gasteiger partial charge in [-0.2, -0.15) is 0 Å². The van der Waals surface area contributed by atoms with Gasteiger partial charge >= 0.3 is 0 Å². The molecule has 4 heteroatoms. The van der Waals surface area contributed by atoms with E-state index in [4.69, 9.17) is 0 Å². The van der Waals surface area contributed by atoms with Crippen LogP contribution in [-0.2, 0) is 11.2 Å². The maximum absolute atomic E-state index is 11.9. The average molecular weight is 440 g/mol. The number of phenolic OH excluding ortho intramolecular Hbond substituents is 2. The Hall–Kier alpha value is -2.75. The third-order valence-corrected chi connectivity index (χ3v) is 5.01. The van der Waals surface area contributed by atoms with Gasteiger partial charge < -0.3 is 15.5 Å². The molecule has 0 bridgehead atoms. The molecule has 0 heterocycles. The summed E-state index contributed by atoms with van der Waals surface area (Å²) in [6.07, 6.45) is 28.5. The second-order valence-corrected chi connectivity index (χ2v) is 7.90. The molecule has 1 aromatic carbocycles. The van der Waals surface area contributed by atoms with E-state index in [-0.39, 0.29) is 17.4 Å². The summed E-state index contributed by atoms with van der Waals surface area (Å²) in [6, 6.07) is 4.72. The molecule has 1 aromatic rings. The monoisotopic (exact) mass is 439 g/mol. The van der Waals surface area contributed by atoms with Gasteiger partial charge in [0.05, 0.1) is 0 Å². The van der Waals surface area contributed by atoms with Gasteiger partial charge in [-0.1, -0.05) is 74.4 Å². The lowest BCUT2D eigenvalue weighted by Gasteiger charge is -2.06. The normalized spacial score (nSPS) is 12.0. The Balaban J connectivity index is 1.97. The summed E-state index contributed by atoms with van der Waals surface area (Å²) < 4.78 is 0. The SMILES string of the molecule is CCCCC/C=C/C/C=C\C/C=C/C/C=C/CCCC(=O)NCCc1ccc(O)c(O)c1. The third-order valence-electron chi connectivity index (χ3n) is 5.01. The Labute approximate surface area is 194 Å². The number of carbonyl (C=O) groups is 1. The Bertz CT molecular complexity index is 747. The molecule has 0 aliphatic rings. The van der Waals surface area contributed by atoms with E-state index in [2.05, 4.69) is 60.8 Å². The van der Waals surface area contributed by atoms with E-state index in [9.17, 15) is 15.0 Å². The number of carbonyl (C=O) groups excluding carboxylic acids is 1. The van der Waals surface area contributed by atoms with Crippen molar-refractivity contribution in [2.45, 2.75) is 77.6 Å². The second-order valence-electron chi connectivity index (χ2n) is 7.90. The quantitative estimate of drug-likeness (QED) is 0.140. The minimum atomic E-state index is -0.132. The fraction of sp³-hybridized carbons (Fsp3) is 0.464. The van der Waals surface area contributed by atoms with E-state index in [1.54, 1.807) is 6.07 Å². The van der Waals surface area contributed by atoms with Crippen LogP contribution < -0.4 is 5.32 Å². The van der Waals surface area contributed by atoms with E-state index in [0.717, 1.165) is 37.7 Å². The van der Waals surface area contributed by atoms with Crippen LogP contribution in [0.5, 0.6) is 11.5 Å². The number of hydrogen-bond acceptors (Lipinski definition) is 3. The van der Waals surface area contributed by atoms with E-state index >= 15 is 0 Å². The summed E-state index contributed by atoms with van der Waals surface area (Å²) in [7, 11) is 0. The molecule has 0 atom stereocenters. The molecular weight excluding hydrogens is 398 g/mol. The maximum atomic E-state index is 11.9. The summed E-state index contributed by atoms with van der Waals surface area (Å²) in [5.41, 5.74) is 0.877. The smallest absolute Gasteiger partial charge is 0.220 e. The Morgan fingerprint density at radius 3 is 2.00 bits per heavy atom. The predicted octanol–water partition coefficient (Wildman–Crippen LogP) is 6.90. The van der Waals surface area contributed by atoms with E-state index in [1.807, 2.05) is 0 Å². The van der Waals surface area contributed by atoms with Crippen LogP contribution in [0.15, 0.2) is 66.8 Å². The molecule has 0 saturated heterocycles. The van der Waals surface area contributed by atoms with Crippen molar-refractivity contribution in [1.82, 2.24) is 5.32 Å². The van der Waals surface area contributed by atoms with Gasteiger partial charge in [0.2, 0.25) is 5.91 Å². The summed E-state index contributed by atoms with van der Waals surface area (Å²) >= 11 is 0. The molecule has 176 valence electrons. The molecular formula is C28H41NO3. The molecule has 1 amide bonds. The van der Waals surface area contributed by atoms with Crippen LogP contribution in [-0.4, -0.2) is 22.7 Å². The van der Waals surface area contributed by atoms with Crippen molar-refractivity contribution in [2.75, 3.05) is 6.54 Å². The van der Waals surface area contributed by atoms with Crippen LogP contribution in [0.1, 0.15) is 76.7 Å².